The maximum Gasteiger partial charge on any atom is 0.157 e. The number of fused-ring (bicyclic) bond motifs is 3. The minimum atomic E-state index is 0.693. The number of benzene rings is 2. The second-order valence-corrected chi connectivity index (χ2v) is 8.38. The molecule has 8 nitrogen and oxygen atoms in total. The second-order valence-electron chi connectivity index (χ2n) is 8.38. The Bertz CT molecular complexity index is 1400. The molecule has 0 saturated carbocycles. The molecule has 4 heterocycles. The number of anilines is 3. The Balaban J connectivity index is 1.40. The van der Waals surface area contributed by atoms with E-state index in [0.717, 1.165) is 64.9 Å². The fourth-order valence-electron chi connectivity index (χ4n) is 4.45. The van der Waals surface area contributed by atoms with Crippen molar-refractivity contribution in [2.24, 2.45) is 0 Å². The number of H-pyrrole nitrogens is 1. The first-order chi connectivity index (χ1) is 16.3. The van der Waals surface area contributed by atoms with Gasteiger partial charge in [-0.2, -0.15) is 5.10 Å². The number of pyridine rings is 2. The highest BCUT2D eigenvalue weighted by Crippen LogP contribution is 2.34. The third-order valence-electron chi connectivity index (χ3n) is 6.29. The molecule has 0 spiro atoms. The zero-order valence-electron chi connectivity index (χ0n) is 18.4. The third-order valence-corrected chi connectivity index (χ3v) is 6.29. The van der Waals surface area contributed by atoms with Crippen LogP contribution in [0.4, 0.5) is 17.2 Å². The molecule has 1 aliphatic rings. The Kier molecular flexibility index (Phi) is 4.84. The Morgan fingerprint density at radius 1 is 0.909 bits per heavy atom. The van der Waals surface area contributed by atoms with Crippen molar-refractivity contribution in [3.8, 4) is 11.4 Å². The summed E-state index contributed by atoms with van der Waals surface area (Å²) in [5.41, 5.74) is 4.01. The van der Waals surface area contributed by atoms with Gasteiger partial charge in [0.05, 0.1) is 5.52 Å². The van der Waals surface area contributed by atoms with Gasteiger partial charge in [-0.1, -0.05) is 12.1 Å². The fourth-order valence-corrected chi connectivity index (χ4v) is 4.45. The van der Waals surface area contributed by atoms with Crippen LogP contribution >= 0.6 is 0 Å². The van der Waals surface area contributed by atoms with Crippen LogP contribution in [0.3, 0.4) is 0 Å². The van der Waals surface area contributed by atoms with E-state index in [1.807, 2.05) is 24.4 Å². The number of nitrogens with zero attached hydrogens (tertiary/aromatic N) is 6. The number of hydrogen-bond donors (Lipinski definition) is 2. The average Bonchev–Trinajstić information content (AvgIpc) is 3.40. The van der Waals surface area contributed by atoms with Gasteiger partial charge >= 0.3 is 0 Å². The van der Waals surface area contributed by atoms with E-state index in [-0.39, 0.29) is 0 Å². The van der Waals surface area contributed by atoms with Crippen LogP contribution < -0.4 is 10.2 Å². The highest BCUT2D eigenvalue weighted by molar-refractivity contribution is 6.13. The molecule has 0 bridgehead atoms. The molecule has 1 saturated heterocycles. The molecule has 6 rings (SSSR count). The molecule has 0 amide bonds. The smallest absolute Gasteiger partial charge is 0.157 e. The van der Waals surface area contributed by atoms with Crippen LogP contribution in [0.5, 0.6) is 0 Å². The summed E-state index contributed by atoms with van der Waals surface area (Å²) in [6.07, 6.45) is 5.21. The number of nitrogens with one attached hydrogen (secondary N) is 2. The molecule has 2 N–H and O–H groups in total. The van der Waals surface area contributed by atoms with Crippen molar-refractivity contribution in [1.29, 1.82) is 0 Å². The van der Waals surface area contributed by atoms with Crippen LogP contribution in [-0.4, -0.2) is 63.3 Å². The normalized spacial score (nSPS) is 14.8. The van der Waals surface area contributed by atoms with Crippen LogP contribution in [0.1, 0.15) is 0 Å². The monoisotopic (exact) mass is 436 g/mol. The van der Waals surface area contributed by atoms with E-state index < -0.39 is 0 Å². The number of likely N-dealkylation sites (N-methyl/N-ethyl adjacent to an activating group) is 1. The van der Waals surface area contributed by atoms with E-state index in [9.17, 15) is 0 Å². The van der Waals surface area contributed by atoms with Crippen molar-refractivity contribution >= 4 is 38.9 Å². The molecule has 2 aromatic carbocycles. The number of para-hydroxylation sites is 1. The lowest BCUT2D eigenvalue weighted by Crippen LogP contribution is -2.44. The second kappa shape index (κ2) is 8.14. The first kappa shape index (κ1) is 19.6. The molecule has 0 unspecified atom stereocenters. The van der Waals surface area contributed by atoms with E-state index in [4.69, 9.17) is 4.98 Å². The fraction of sp³-hybridized carbons (Fsp3) is 0.200. The summed E-state index contributed by atoms with van der Waals surface area (Å²) in [7, 11) is 2.18. The number of aromatic amines is 1. The SMILES string of the molecule is CN1CCN(c2ccc(Nc3nc4c(-c5ncn[nH]5)cccc4c4cnccc34)cc2)CC1. The highest BCUT2D eigenvalue weighted by atomic mass is 15.2. The maximum atomic E-state index is 5.03. The zero-order valence-corrected chi connectivity index (χ0v) is 18.4. The largest absolute Gasteiger partial charge is 0.369 e. The summed E-state index contributed by atoms with van der Waals surface area (Å²) < 4.78 is 0. The summed E-state index contributed by atoms with van der Waals surface area (Å²) in [4.78, 5) is 18.5. The molecule has 0 radical (unpaired) electrons. The number of hydrogen-bond acceptors (Lipinski definition) is 7. The molecular formula is C25H24N8. The van der Waals surface area contributed by atoms with Gasteiger partial charge in [0.25, 0.3) is 0 Å². The summed E-state index contributed by atoms with van der Waals surface area (Å²) in [6, 6.07) is 16.7. The van der Waals surface area contributed by atoms with Crippen molar-refractivity contribution in [1.82, 2.24) is 30.0 Å². The summed E-state index contributed by atoms with van der Waals surface area (Å²) in [5.74, 6) is 1.48. The van der Waals surface area contributed by atoms with Gasteiger partial charge in [-0.25, -0.2) is 9.97 Å². The van der Waals surface area contributed by atoms with Gasteiger partial charge in [0.15, 0.2) is 5.82 Å². The maximum absolute atomic E-state index is 5.03. The molecule has 0 atom stereocenters. The Hall–Kier alpha value is -4.04. The highest BCUT2D eigenvalue weighted by Gasteiger charge is 2.16. The van der Waals surface area contributed by atoms with Crippen LogP contribution in [-0.2, 0) is 0 Å². The Morgan fingerprint density at radius 2 is 1.76 bits per heavy atom. The summed E-state index contributed by atoms with van der Waals surface area (Å²) in [6.45, 7) is 4.29. The quantitative estimate of drug-likeness (QED) is 0.411. The van der Waals surface area contributed by atoms with Crippen molar-refractivity contribution in [2.75, 3.05) is 43.4 Å². The van der Waals surface area contributed by atoms with Gasteiger partial charge in [0.2, 0.25) is 0 Å². The van der Waals surface area contributed by atoms with Gasteiger partial charge in [-0.3, -0.25) is 10.1 Å². The molecule has 33 heavy (non-hydrogen) atoms. The lowest BCUT2D eigenvalue weighted by Gasteiger charge is -2.34. The lowest BCUT2D eigenvalue weighted by atomic mass is 10.0. The topological polar surface area (TPSA) is 85.9 Å². The molecule has 5 aromatic rings. The molecule has 3 aromatic heterocycles. The molecule has 0 aliphatic carbocycles. The number of piperazine rings is 1. The predicted octanol–water partition coefficient (Wildman–Crippen LogP) is 4.06. The number of rotatable bonds is 4. The van der Waals surface area contributed by atoms with E-state index >= 15 is 0 Å². The molecule has 1 fully saturated rings. The first-order valence-electron chi connectivity index (χ1n) is 11.1. The van der Waals surface area contributed by atoms with Crippen LogP contribution in [0.15, 0.2) is 67.3 Å². The minimum Gasteiger partial charge on any atom is -0.369 e. The predicted molar refractivity (Wildman–Crippen MR) is 132 cm³/mol. The van der Waals surface area contributed by atoms with Gasteiger partial charge in [-0.05, 0) is 43.4 Å². The third kappa shape index (κ3) is 3.64. The summed E-state index contributed by atoms with van der Waals surface area (Å²) >= 11 is 0. The minimum absolute atomic E-state index is 0.693. The van der Waals surface area contributed by atoms with Gasteiger partial charge in [0.1, 0.15) is 12.1 Å². The Morgan fingerprint density at radius 3 is 2.55 bits per heavy atom. The number of aromatic nitrogens is 5. The van der Waals surface area contributed by atoms with Gasteiger partial charge < -0.3 is 15.1 Å². The van der Waals surface area contributed by atoms with Crippen LogP contribution in [0.25, 0.3) is 33.1 Å². The van der Waals surface area contributed by atoms with Gasteiger partial charge in [-0.15, -0.1) is 0 Å². The van der Waals surface area contributed by atoms with Crippen molar-refractivity contribution in [3.05, 3.63) is 67.3 Å². The van der Waals surface area contributed by atoms with E-state index in [2.05, 4.69) is 72.7 Å². The molecule has 1 aliphatic heterocycles. The average molecular weight is 437 g/mol. The van der Waals surface area contributed by atoms with E-state index in [1.54, 1.807) is 6.20 Å². The standard InChI is InChI=1S/C25H24N8/c1-32-11-13-33(14-12-32)18-7-5-17(6-8-18)29-25-20-9-10-26-15-22(20)19-3-2-4-21(23(19)30-25)24-27-16-28-31-24/h2-10,15-16H,11-14H2,1H3,(H,29,30)(H,27,28,31). The zero-order chi connectivity index (χ0) is 22.2. The first-order valence-corrected chi connectivity index (χ1v) is 11.1. The van der Waals surface area contributed by atoms with Crippen molar-refractivity contribution in [2.45, 2.75) is 0 Å². The molecule has 8 heteroatoms. The Labute approximate surface area is 191 Å². The molecule has 164 valence electrons. The van der Waals surface area contributed by atoms with E-state index in [0.29, 0.717) is 5.82 Å². The summed E-state index contributed by atoms with van der Waals surface area (Å²) in [5, 5.41) is 13.6. The van der Waals surface area contributed by atoms with Crippen LogP contribution in [0.2, 0.25) is 0 Å². The van der Waals surface area contributed by atoms with Crippen LogP contribution in [0, 0.1) is 0 Å². The lowest BCUT2D eigenvalue weighted by molar-refractivity contribution is 0.313. The molecular weight excluding hydrogens is 412 g/mol. The van der Waals surface area contributed by atoms with Crippen molar-refractivity contribution in [3.63, 3.8) is 0 Å². The van der Waals surface area contributed by atoms with Gasteiger partial charge in [0, 0.05) is 71.7 Å². The van der Waals surface area contributed by atoms with E-state index in [1.165, 1.54) is 12.0 Å². The van der Waals surface area contributed by atoms with Crippen molar-refractivity contribution < 1.29 is 0 Å².